The molecule has 1 aromatic carbocycles. The van der Waals surface area contributed by atoms with Gasteiger partial charge in [0.2, 0.25) is 0 Å². The van der Waals surface area contributed by atoms with Gasteiger partial charge in [-0.25, -0.2) is 4.39 Å². The molecule has 0 saturated carbocycles. The van der Waals surface area contributed by atoms with Crippen LogP contribution in [-0.2, 0) is 0 Å². The third kappa shape index (κ3) is 3.37. The highest BCUT2D eigenvalue weighted by molar-refractivity contribution is 6.00. The number of piperidine rings is 1. The third-order valence-corrected chi connectivity index (χ3v) is 4.06. The van der Waals surface area contributed by atoms with Crippen molar-refractivity contribution in [1.82, 2.24) is 4.90 Å². The van der Waals surface area contributed by atoms with Crippen molar-refractivity contribution in [3.05, 3.63) is 29.6 Å². The van der Waals surface area contributed by atoms with E-state index in [1.54, 1.807) is 0 Å². The largest absolute Gasteiger partial charge is 0.496 e. The van der Waals surface area contributed by atoms with Crippen molar-refractivity contribution in [1.29, 1.82) is 0 Å². The number of hydrogen-bond donors (Lipinski definition) is 0. The quantitative estimate of drug-likeness (QED) is 0.793. The molecule has 0 amide bonds. The summed E-state index contributed by atoms with van der Waals surface area (Å²) in [4.78, 5) is 14.6. The van der Waals surface area contributed by atoms with E-state index in [4.69, 9.17) is 4.74 Å². The minimum absolute atomic E-state index is 0.0812. The molecular formula is C16H22FNO2. The zero-order chi connectivity index (χ0) is 14.7. The van der Waals surface area contributed by atoms with Crippen LogP contribution in [0.2, 0.25) is 0 Å². The van der Waals surface area contributed by atoms with Gasteiger partial charge in [-0.3, -0.25) is 9.69 Å². The van der Waals surface area contributed by atoms with Gasteiger partial charge >= 0.3 is 0 Å². The van der Waals surface area contributed by atoms with E-state index >= 15 is 0 Å². The average molecular weight is 279 g/mol. The Morgan fingerprint density at radius 1 is 1.40 bits per heavy atom. The van der Waals surface area contributed by atoms with Crippen LogP contribution >= 0.6 is 0 Å². The van der Waals surface area contributed by atoms with Gasteiger partial charge in [0, 0.05) is 12.6 Å². The summed E-state index contributed by atoms with van der Waals surface area (Å²) in [6, 6.07) is 4.47. The fourth-order valence-corrected chi connectivity index (χ4v) is 2.77. The fourth-order valence-electron chi connectivity index (χ4n) is 2.77. The Labute approximate surface area is 119 Å². The molecule has 4 heteroatoms. The molecule has 1 aliphatic rings. The molecule has 2 rings (SSSR count). The van der Waals surface area contributed by atoms with Crippen LogP contribution in [-0.4, -0.2) is 36.9 Å². The monoisotopic (exact) mass is 279 g/mol. The third-order valence-electron chi connectivity index (χ3n) is 4.06. The summed E-state index contributed by atoms with van der Waals surface area (Å²) in [5, 5.41) is 0. The molecule has 1 aromatic rings. The van der Waals surface area contributed by atoms with Crippen LogP contribution in [0.3, 0.4) is 0 Å². The molecule has 2 unspecified atom stereocenters. The lowest BCUT2D eigenvalue weighted by Crippen LogP contribution is -2.43. The zero-order valence-electron chi connectivity index (χ0n) is 12.4. The minimum Gasteiger partial charge on any atom is -0.496 e. The van der Waals surface area contributed by atoms with Crippen molar-refractivity contribution in [2.75, 3.05) is 20.2 Å². The molecule has 1 fully saturated rings. The number of carbonyl (C=O) groups excluding carboxylic acids is 1. The van der Waals surface area contributed by atoms with Crippen molar-refractivity contribution in [2.24, 2.45) is 5.92 Å². The van der Waals surface area contributed by atoms with E-state index in [1.165, 1.54) is 31.7 Å². The number of ether oxygens (including phenoxy) is 1. The van der Waals surface area contributed by atoms with E-state index in [-0.39, 0.29) is 5.78 Å². The number of rotatable bonds is 4. The van der Waals surface area contributed by atoms with Crippen LogP contribution in [0.4, 0.5) is 4.39 Å². The number of methoxy groups -OCH3 is 1. The smallest absolute Gasteiger partial charge is 0.180 e. The summed E-state index contributed by atoms with van der Waals surface area (Å²) in [7, 11) is 1.50. The molecular weight excluding hydrogens is 257 g/mol. The molecule has 0 radical (unpaired) electrons. The van der Waals surface area contributed by atoms with Crippen LogP contribution in [0.25, 0.3) is 0 Å². The SMILES string of the molecule is COc1ccc(F)cc1C(=O)CN1CC(C)CCC1C. The Bertz CT molecular complexity index is 489. The number of Topliss-reactive ketones (excluding diaryl/α,β-unsaturated/α-hetero) is 1. The molecule has 3 nitrogen and oxygen atoms in total. The summed E-state index contributed by atoms with van der Waals surface area (Å²) >= 11 is 0. The molecule has 0 spiro atoms. The Balaban J connectivity index is 2.13. The van der Waals surface area contributed by atoms with E-state index in [9.17, 15) is 9.18 Å². The molecule has 20 heavy (non-hydrogen) atoms. The number of halogens is 1. The Hall–Kier alpha value is -1.42. The van der Waals surface area contributed by atoms with Crippen molar-refractivity contribution in [3.63, 3.8) is 0 Å². The van der Waals surface area contributed by atoms with Crippen LogP contribution in [0.15, 0.2) is 18.2 Å². The minimum atomic E-state index is -0.408. The topological polar surface area (TPSA) is 29.5 Å². The standard InChI is InChI=1S/C16H22FNO2/c1-11-4-5-12(2)18(9-11)10-15(19)14-8-13(17)6-7-16(14)20-3/h6-8,11-12H,4-5,9-10H2,1-3H3. The van der Waals surface area contributed by atoms with E-state index in [2.05, 4.69) is 18.7 Å². The average Bonchev–Trinajstić information content (AvgIpc) is 2.42. The predicted molar refractivity (Wildman–Crippen MR) is 76.7 cm³/mol. The molecule has 0 N–H and O–H groups in total. The highest BCUT2D eigenvalue weighted by Crippen LogP contribution is 2.24. The van der Waals surface area contributed by atoms with E-state index in [0.717, 1.165) is 13.0 Å². The van der Waals surface area contributed by atoms with Gasteiger partial charge in [-0.15, -0.1) is 0 Å². The summed E-state index contributed by atoms with van der Waals surface area (Å²) < 4.78 is 18.5. The first-order valence-electron chi connectivity index (χ1n) is 7.12. The molecule has 1 aliphatic heterocycles. The molecule has 2 atom stereocenters. The molecule has 0 aliphatic carbocycles. The van der Waals surface area contributed by atoms with Gasteiger partial charge in [0.15, 0.2) is 5.78 Å². The van der Waals surface area contributed by atoms with E-state index in [0.29, 0.717) is 29.8 Å². The van der Waals surface area contributed by atoms with Gasteiger partial charge in [0.1, 0.15) is 11.6 Å². The van der Waals surface area contributed by atoms with Gasteiger partial charge in [-0.05, 0) is 43.9 Å². The molecule has 1 heterocycles. The second-order valence-electron chi connectivity index (χ2n) is 5.73. The summed E-state index contributed by atoms with van der Waals surface area (Å²) in [5.41, 5.74) is 0.331. The number of ketones is 1. The second kappa shape index (κ2) is 6.35. The fraction of sp³-hybridized carbons (Fsp3) is 0.562. The van der Waals surface area contributed by atoms with Crippen molar-refractivity contribution in [2.45, 2.75) is 32.7 Å². The van der Waals surface area contributed by atoms with Gasteiger partial charge in [-0.2, -0.15) is 0 Å². The Morgan fingerprint density at radius 3 is 2.85 bits per heavy atom. The van der Waals surface area contributed by atoms with Crippen LogP contribution < -0.4 is 4.74 Å². The van der Waals surface area contributed by atoms with E-state index < -0.39 is 5.82 Å². The van der Waals surface area contributed by atoms with Gasteiger partial charge in [-0.1, -0.05) is 6.92 Å². The van der Waals surface area contributed by atoms with Gasteiger partial charge < -0.3 is 4.74 Å². The first-order chi connectivity index (χ1) is 9.51. The highest BCUT2D eigenvalue weighted by atomic mass is 19.1. The predicted octanol–water partition coefficient (Wildman–Crippen LogP) is 3.14. The Morgan fingerprint density at radius 2 is 2.15 bits per heavy atom. The lowest BCUT2D eigenvalue weighted by molar-refractivity contribution is 0.0802. The maximum atomic E-state index is 13.3. The van der Waals surface area contributed by atoms with Gasteiger partial charge in [0.05, 0.1) is 19.2 Å². The summed E-state index contributed by atoms with van der Waals surface area (Å²) in [6.07, 6.45) is 2.31. The summed E-state index contributed by atoms with van der Waals surface area (Å²) in [6.45, 7) is 5.59. The maximum absolute atomic E-state index is 13.3. The normalized spacial score (nSPS) is 23.6. The van der Waals surface area contributed by atoms with Crippen LogP contribution in [0.1, 0.15) is 37.0 Å². The first kappa shape index (κ1) is 15.0. The number of likely N-dealkylation sites (tertiary alicyclic amines) is 1. The first-order valence-corrected chi connectivity index (χ1v) is 7.12. The van der Waals surface area contributed by atoms with E-state index in [1.807, 2.05) is 0 Å². The maximum Gasteiger partial charge on any atom is 0.180 e. The number of hydrogen-bond acceptors (Lipinski definition) is 3. The molecule has 0 aromatic heterocycles. The number of benzene rings is 1. The van der Waals surface area contributed by atoms with Crippen LogP contribution in [0.5, 0.6) is 5.75 Å². The number of carbonyl (C=O) groups is 1. The number of nitrogens with zero attached hydrogens (tertiary/aromatic N) is 1. The summed E-state index contributed by atoms with van der Waals surface area (Å²) in [5.74, 6) is 0.555. The molecule has 110 valence electrons. The molecule has 1 saturated heterocycles. The highest BCUT2D eigenvalue weighted by Gasteiger charge is 2.26. The van der Waals surface area contributed by atoms with Gasteiger partial charge in [0.25, 0.3) is 0 Å². The van der Waals surface area contributed by atoms with Crippen molar-refractivity contribution < 1.29 is 13.9 Å². The lowest BCUT2D eigenvalue weighted by Gasteiger charge is -2.36. The Kier molecular flexibility index (Phi) is 4.76. The van der Waals surface area contributed by atoms with Crippen LogP contribution in [0, 0.1) is 11.7 Å². The molecule has 0 bridgehead atoms. The zero-order valence-corrected chi connectivity index (χ0v) is 12.4. The lowest BCUT2D eigenvalue weighted by atomic mass is 9.94. The van der Waals surface area contributed by atoms with Crippen molar-refractivity contribution >= 4 is 5.78 Å². The second-order valence-corrected chi connectivity index (χ2v) is 5.73. The van der Waals surface area contributed by atoms with Crippen molar-refractivity contribution in [3.8, 4) is 5.75 Å².